The minimum absolute atomic E-state index is 0. The van der Waals surface area contributed by atoms with Gasteiger partial charge in [-0.25, -0.2) is 0 Å². The lowest BCUT2D eigenvalue weighted by molar-refractivity contribution is -0.460. The third-order valence-electron chi connectivity index (χ3n) is 5.80. The third-order valence-corrected chi connectivity index (χ3v) is 5.80. The lowest BCUT2D eigenvalue weighted by atomic mass is 10.1. The summed E-state index contributed by atoms with van der Waals surface area (Å²) in [7, 11) is 0. The minimum atomic E-state index is 0. The second kappa shape index (κ2) is 37.9. The molecule has 0 saturated carbocycles. The van der Waals surface area contributed by atoms with Crippen LogP contribution in [0.5, 0.6) is 0 Å². The van der Waals surface area contributed by atoms with E-state index in [9.17, 15) is 0 Å². The third kappa shape index (κ3) is 43.9. The SMILES string of the molecule is NCCCCCCCCCN.NCCCCCCCCC[NH+]=C(N)CCCCCCC(N)=[NH2+].[Cl-].[Cl-]. The monoisotopic (exact) mass is 541 g/mol. The van der Waals surface area contributed by atoms with Gasteiger partial charge in [-0.1, -0.05) is 70.6 Å². The number of halogens is 2. The molecular weight excluding hydrogens is 481 g/mol. The maximum absolute atomic E-state index is 5.98. The van der Waals surface area contributed by atoms with Gasteiger partial charge in [-0.2, -0.15) is 0 Å². The fourth-order valence-electron chi connectivity index (χ4n) is 3.66. The average molecular weight is 543 g/mol. The zero-order valence-electron chi connectivity index (χ0n) is 22.7. The lowest BCUT2D eigenvalue weighted by Gasteiger charge is -2.00. The van der Waals surface area contributed by atoms with Crippen molar-refractivity contribution in [3.63, 3.8) is 0 Å². The number of hydrogen-bond acceptors (Lipinski definition) is 3. The van der Waals surface area contributed by atoms with E-state index in [1.807, 2.05) is 0 Å². The van der Waals surface area contributed by atoms with Crippen LogP contribution in [-0.4, -0.2) is 37.9 Å². The van der Waals surface area contributed by atoms with Crippen LogP contribution in [0.1, 0.15) is 128 Å². The fourth-order valence-corrected chi connectivity index (χ4v) is 3.66. The highest BCUT2D eigenvalue weighted by atomic mass is 35.5. The van der Waals surface area contributed by atoms with Crippen molar-refractivity contribution >= 4 is 11.7 Å². The smallest absolute Gasteiger partial charge is 0.240 e. The Balaban J connectivity index is -0.000000315. The predicted molar refractivity (Wildman–Crippen MR) is 146 cm³/mol. The van der Waals surface area contributed by atoms with E-state index < -0.39 is 0 Å². The first-order valence-corrected chi connectivity index (χ1v) is 13.9. The summed E-state index contributed by atoms with van der Waals surface area (Å²) < 4.78 is 0. The molecular formula is C26H61Cl2N7. The molecule has 0 spiro atoms. The molecule has 0 aliphatic carbocycles. The van der Waals surface area contributed by atoms with Crippen LogP contribution < -0.4 is 63.9 Å². The second-order valence-corrected chi connectivity index (χ2v) is 9.26. The molecule has 0 radical (unpaired) electrons. The Labute approximate surface area is 229 Å². The molecule has 0 heterocycles. The Morgan fingerprint density at radius 2 is 0.771 bits per heavy atom. The maximum atomic E-state index is 5.98. The van der Waals surface area contributed by atoms with Gasteiger partial charge in [0.05, 0.1) is 6.54 Å². The number of unbranched alkanes of at least 4 members (excludes halogenated alkanes) is 15. The van der Waals surface area contributed by atoms with Crippen molar-refractivity contribution in [1.29, 1.82) is 0 Å². The summed E-state index contributed by atoms with van der Waals surface area (Å²) in [6.45, 7) is 3.54. The molecule has 0 aliphatic rings. The average Bonchev–Trinajstić information content (AvgIpc) is 2.80. The zero-order chi connectivity index (χ0) is 24.8. The van der Waals surface area contributed by atoms with E-state index in [2.05, 4.69) is 4.99 Å². The first-order chi connectivity index (χ1) is 16.1. The Bertz CT molecular complexity index is 417. The van der Waals surface area contributed by atoms with Crippen molar-refractivity contribution in [3.8, 4) is 0 Å². The summed E-state index contributed by atoms with van der Waals surface area (Å²) in [6.07, 6.45) is 24.4. The highest BCUT2D eigenvalue weighted by Crippen LogP contribution is 2.07. The molecule has 13 N–H and O–H groups in total. The molecule has 0 saturated heterocycles. The number of nitrogens with two attached hydrogens (primary N) is 6. The van der Waals surface area contributed by atoms with Crippen molar-refractivity contribution in [1.82, 2.24) is 0 Å². The van der Waals surface area contributed by atoms with Gasteiger partial charge in [0.15, 0.2) is 0 Å². The molecule has 0 rings (SSSR count). The summed E-state index contributed by atoms with van der Waals surface area (Å²) in [6, 6.07) is 0. The molecule has 0 aromatic heterocycles. The first-order valence-electron chi connectivity index (χ1n) is 13.9. The summed E-state index contributed by atoms with van der Waals surface area (Å²) in [5.74, 6) is 1.49. The van der Waals surface area contributed by atoms with Gasteiger partial charge in [0.2, 0.25) is 11.7 Å². The van der Waals surface area contributed by atoms with E-state index in [-0.39, 0.29) is 24.8 Å². The molecule has 0 fully saturated rings. The van der Waals surface area contributed by atoms with Crippen LogP contribution in [-0.2, 0) is 0 Å². The molecule has 0 aliphatic heterocycles. The van der Waals surface area contributed by atoms with E-state index in [1.54, 1.807) is 0 Å². The van der Waals surface area contributed by atoms with E-state index >= 15 is 0 Å². The van der Waals surface area contributed by atoms with Gasteiger partial charge in [-0.05, 0) is 64.6 Å². The van der Waals surface area contributed by atoms with Gasteiger partial charge in [0.1, 0.15) is 0 Å². The number of hydrogen-bond donors (Lipinski definition) is 7. The molecule has 0 amide bonds. The summed E-state index contributed by atoms with van der Waals surface area (Å²) in [4.78, 5) is 3.34. The Kier molecular flexibility index (Phi) is 45.0. The minimum Gasteiger partial charge on any atom is -1.00 e. The van der Waals surface area contributed by atoms with E-state index in [4.69, 9.17) is 34.1 Å². The molecule has 0 unspecified atom stereocenters. The van der Waals surface area contributed by atoms with Gasteiger partial charge in [-0.3, -0.25) is 21.9 Å². The summed E-state index contributed by atoms with van der Waals surface area (Å²) in [5, 5.41) is 5.43. The van der Waals surface area contributed by atoms with E-state index in [0.717, 1.165) is 57.7 Å². The number of rotatable bonds is 24. The molecule has 0 atom stereocenters. The Morgan fingerprint density at radius 1 is 0.457 bits per heavy atom. The van der Waals surface area contributed by atoms with Gasteiger partial charge in [0.25, 0.3) is 0 Å². The first kappa shape index (κ1) is 41.5. The molecule has 0 bridgehead atoms. The van der Waals surface area contributed by atoms with Crippen molar-refractivity contribution in [2.45, 2.75) is 128 Å². The van der Waals surface area contributed by atoms with Crippen LogP contribution in [0.25, 0.3) is 0 Å². The quantitative estimate of drug-likeness (QED) is 0.0368. The topological polar surface area (TPSA) is 170 Å². The number of nitrogens with one attached hydrogen (secondary N) is 1. The molecule has 0 aromatic rings. The Hall–Kier alpha value is -0.600. The summed E-state index contributed by atoms with van der Waals surface area (Å²) >= 11 is 0. The van der Waals surface area contributed by atoms with Crippen molar-refractivity contribution in [2.75, 3.05) is 26.2 Å². The van der Waals surface area contributed by atoms with E-state index in [0.29, 0.717) is 5.84 Å². The summed E-state index contributed by atoms with van der Waals surface area (Å²) in [5.41, 5.74) is 27.6. The van der Waals surface area contributed by atoms with Gasteiger partial charge < -0.3 is 42.0 Å². The molecule has 9 heteroatoms. The van der Waals surface area contributed by atoms with Crippen molar-refractivity contribution < 1.29 is 35.2 Å². The van der Waals surface area contributed by atoms with Crippen LogP contribution in [0.15, 0.2) is 0 Å². The highest BCUT2D eigenvalue weighted by Gasteiger charge is 2.00. The largest absolute Gasteiger partial charge is 1.00 e. The van der Waals surface area contributed by atoms with Crippen LogP contribution in [0, 0.1) is 0 Å². The molecule has 35 heavy (non-hydrogen) atoms. The number of amidine groups is 2. The van der Waals surface area contributed by atoms with Crippen LogP contribution in [0.2, 0.25) is 0 Å². The van der Waals surface area contributed by atoms with Gasteiger partial charge >= 0.3 is 0 Å². The second-order valence-electron chi connectivity index (χ2n) is 9.26. The molecule has 214 valence electrons. The highest BCUT2D eigenvalue weighted by molar-refractivity contribution is 5.74. The standard InChI is InChI=1S/C17H37N5.C9H22N2.2ClH/c18-14-10-6-2-1-3-7-11-15-22-17(21)13-9-5-4-8-12-16(19)20;10-8-6-4-2-1-3-5-7-9-11;;/h1-15,18H2,(H3,19,20)(H2,21,22);1-11H2;2*1H. The van der Waals surface area contributed by atoms with Crippen LogP contribution >= 0.6 is 0 Å². The Morgan fingerprint density at radius 3 is 1.14 bits per heavy atom. The molecule has 7 nitrogen and oxygen atoms in total. The maximum Gasteiger partial charge on any atom is 0.240 e. The van der Waals surface area contributed by atoms with Crippen LogP contribution in [0.4, 0.5) is 0 Å². The normalized spacial score (nSPS) is 10.7. The van der Waals surface area contributed by atoms with Crippen molar-refractivity contribution in [3.05, 3.63) is 0 Å². The zero-order valence-corrected chi connectivity index (χ0v) is 24.2. The van der Waals surface area contributed by atoms with Crippen molar-refractivity contribution in [2.24, 2.45) is 28.7 Å². The predicted octanol–water partition coefficient (Wildman–Crippen LogP) is -4.79. The molecule has 0 aromatic carbocycles. The van der Waals surface area contributed by atoms with Gasteiger partial charge in [-0.15, -0.1) is 0 Å². The van der Waals surface area contributed by atoms with Crippen LogP contribution in [0.3, 0.4) is 0 Å². The lowest BCUT2D eigenvalue weighted by Crippen LogP contribution is -3.00. The fraction of sp³-hybridized carbons (Fsp3) is 0.923. The van der Waals surface area contributed by atoms with Gasteiger partial charge in [0, 0.05) is 12.8 Å². The van der Waals surface area contributed by atoms with E-state index in [1.165, 1.54) is 103 Å².